The van der Waals surface area contributed by atoms with Crippen LogP contribution in [0.25, 0.3) is 11.1 Å². The van der Waals surface area contributed by atoms with E-state index >= 15 is 0 Å². The van der Waals surface area contributed by atoms with Crippen LogP contribution in [0.15, 0.2) is 71.8 Å². The highest BCUT2D eigenvalue weighted by Crippen LogP contribution is 2.29. The van der Waals surface area contributed by atoms with E-state index in [0.29, 0.717) is 17.7 Å². The third kappa shape index (κ3) is 6.04. The van der Waals surface area contributed by atoms with Gasteiger partial charge < -0.3 is 10.1 Å². The predicted octanol–water partition coefficient (Wildman–Crippen LogP) is 2.87. The average Bonchev–Trinajstić information content (AvgIpc) is 3.24. The molecule has 1 saturated heterocycles. The molecule has 9 nitrogen and oxygen atoms in total. The lowest BCUT2D eigenvalue weighted by atomic mass is 10.0. The third-order valence-corrected chi connectivity index (χ3v) is 7.07. The lowest BCUT2D eigenvalue weighted by Gasteiger charge is -2.15. The number of halogens is 1. The van der Waals surface area contributed by atoms with E-state index in [9.17, 15) is 22.4 Å². The largest absolute Gasteiger partial charge is 0.442 e. The van der Waals surface area contributed by atoms with Gasteiger partial charge in [-0.25, -0.2) is 22.3 Å². The number of anilines is 1. The van der Waals surface area contributed by atoms with Crippen molar-refractivity contribution < 1.29 is 27.1 Å². The maximum Gasteiger partial charge on any atom is 0.414 e. The summed E-state index contributed by atoms with van der Waals surface area (Å²) in [6.45, 7) is 1.91. The van der Waals surface area contributed by atoms with Gasteiger partial charge in [-0.1, -0.05) is 18.2 Å². The maximum absolute atomic E-state index is 15.0. The fraction of sp³-hybridized carbons (Fsp3) is 0.240. The molecule has 11 heteroatoms. The Morgan fingerprint density at radius 1 is 1.17 bits per heavy atom. The number of carbonyl (C=O) groups excluding carboxylic acids is 2. The summed E-state index contributed by atoms with van der Waals surface area (Å²) in [5.41, 5.74) is 1.84. The van der Waals surface area contributed by atoms with Crippen LogP contribution in [0.1, 0.15) is 12.6 Å². The number of sulfonamides is 1. The van der Waals surface area contributed by atoms with Gasteiger partial charge in [0.15, 0.2) is 0 Å². The molecule has 0 spiro atoms. The minimum atomic E-state index is -3.73. The van der Waals surface area contributed by atoms with Crippen molar-refractivity contribution >= 4 is 27.7 Å². The minimum Gasteiger partial charge on any atom is -0.442 e. The van der Waals surface area contributed by atoms with Gasteiger partial charge in [0.2, 0.25) is 15.9 Å². The summed E-state index contributed by atoms with van der Waals surface area (Å²) in [6, 6.07) is 15.7. The number of hydrogen-bond acceptors (Lipinski definition) is 6. The predicted molar refractivity (Wildman–Crippen MR) is 131 cm³/mol. The van der Waals surface area contributed by atoms with Crippen LogP contribution < -0.4 is 14.9 Å². The molecule has 188 valence electrons. The molecular formula is C25H25FN4O5S. The molecule has 0 saturated carbocycles. The number of aromatic nitrogens is 1. The second-order valence-corrected chi connectivity index (χ2v) is 9.98. The third-order valence-electron chi connectivity index (χ3n) is 5.59. The second-order valence-electron chi connectivity index (χ2n) is 8.21. The molecule has 1 fully saturated rings. The molecule has 0 radical (unpaired) electrons. The number of ether oxygens (including phenoxy) is 1. The average molecular weight is 513 g/mol. The van der Waals surface area contributed by atoms with E-state index in [1.165, 1.54) is 48.2 Å². The number of hydrogen-bond donors (Lipinski definition) is 2. The monoisotopic (exact) mass is 512 g/mol. The Morgan fingerprint density at radius 2 is 1.94 bits per heavy atom. The van der Waals surface area contributed by atoms with Gasteiger partial charge in [-0.3, -0.25) is 14.7 Å². The molecule has 0 aliphatic carbocycles. The number of amides is 2. The SMILES string of the molecule is CC(=O)NC[C@H]1CN(c2ccc(-c3ccc(S(=O)(=O)NCCc4ccccn4)cc3)c(F)c2)C(=O)O1. The van der Waals surface area contributed by atoms with Gasteiger partial charge in [-0.15, -0.1) is 0 Å². The molecular weight excluding hydrogens is 487 g/mol. The van der Waals surface area contributed by atoms with E-state index in [0.717, 1.165) is 5.69 Å². The number of carbonyl (C=O) groups is 2. The van der Waals surface area contributed by atoms with E-state index in [2.05, 4.69) is 15.0 Å². The Bertz CT molecular complexity index is 1350. The molecule has 4 rings (SSSR count). The van der Waals surface area contributed by atoms with Gasteiger partial charge in [-0.05, 0) is 48.0 Å². The van der Waals surface area contributed by atoms with Crippen LogP contribution in [0, 0.1) is 5.82 Å². The summed E-state index contributed by atoms with van der Waals surface area (Å²) >= 11 is 0. The molecule has 1 aliphatic heterocycles. The number of nitrogens with one attached hydrogen (secondary N) is 2. The van der Waals surface area contributed by atoms with Crippen LogP contribution in [0.3, 0.4) is 0 Å². The number of pyridine rings is 1. The zero-order valence-corrected chi connectivity index (χ0v) is 20.3. The van der Waals surface area contributed by atoms with Gasteiger partial charge in [0.1, 0.15) is 11.9 Å². The standard InChI is InChI=1S/C25H25FN4O5S/c1-17(31)28-15-21-16-30(25(32)35-21)20-7-10-23(24(26)14-20)18-5-8-22(9-6-18)36(33,34)29-13-11-19-4-2-3-12-27-19/h2-10,12,14,21,29H,11,13,15-16H2,1H3,(H,28,31)/t21-/m0/s1. The molecule has 1 atom stereocenters. The lowest BCUT2D eigenvalue weighted by Crippen LogP contribution is -2.33. The Morgan fingerprint density at radius 3 is 2.61 bits per heavy atom. The molecule has 1 aliphatic rings. The first-order chi connectivity index (χ1) is 17.2. The summed E-state index contributed by atoms with van der Waals surface area (Å²) in [5, 5.41) is 2.59. The number of benzene rings is 2. The molecule has 0 bridgehead atoms. The fourth-order valence-corrected chi connectivity index (χ4v) is 4.79. The Hall–Kier alpha value is -3.83. The first-order valence-electron chi connectivity index (χ1n) is 11.2. The van der Waals surface area contributed by atoms with Crippen molar-refractivity contribution in [3.63, 3.8) is 0 Å². The van der Waals surface area contributed by atoms with Crippen LogP contribution in [-0.4, -0.2) is 51.1 Å². The fourth-order valence-electron chi connectivity index (χ4n) is 3.76. The normalized spacial score (nSPS) is 15.6. The van der Waals surface area contributed by atoms with Crippen molar-refractivity contribution in [1.29, 1.82) is 0 Å². The highest BCUT2D eigenvalue weighted by atomic mass is 32.2. The van der Waals surface area contributed by atoms with Crippen LogP contribution in [0.4, 0.5) is 14.9 Å². The topological polar surface area (TPSA) is 118 Å². The molecule has 3 aromatic rings. The van der Waals surface area contributed by atoms with Crippen molar-refractivity contribution in [3.8, 4) is 11.1 Å². The van der Waals surface area contributed by atoms with E-state index < -0.39 is 28.0 Å². The highest BCUT2D eigenvalue weighted by molar-refractivity contribution is 7.89. The van der Waals surface area contributed by atoms with Crippen molar-refractivity contribution in [1.82, 2.24) is 15.0 Å². The summed E-state index contributed by atoms with van der Waals surface area (Å²) in [5.74, 6) is -0.811. The molecule has 0 unspecified atom stereocenters. The summed E-state index contributed by atoms with van der Waals surface area (Å²) in [7, 11) is -3.73. The molecule has 2 N–H and O–H groups in total. The van der Waals surface area contributed by atoms with E-state index in [-0.39, 0.29) is 36.0 Å². The van der Waals surface area contributed by atoms with Gasteiger partial charge in [0, 0.05) is 37.3 Å². The van der Waals surface area contributed by atoms with Gasteiger partial charge in [0.05, 0.1) is 23.7 Å². The summed E-state index contributed by atoms with van der Waals surface area (Å²) in [4.78, 5) is 28.8. The Balaban J connectivity index is 1.41. The first-order valence-corrected chi connectivity index (χ1v) is 12.7. The van der Waals surface area contributed by atoms with Crippen LogP contribution in [0.5, 0.6) is 0 Å². The van der Waals surface area contributed by atoms with Gasteiger partial charge in [0.25, 0.3) is 0 Å². The van der Waals surface area contributed by atoms with Gasteiger partial charge >= 0.3 is 6.09 Å². The maximum atomic E-state index is 15.0. The van der Waals surface area contributed by atoms with E-state index in [1.807, 2.05) is 12.1 Å². The smallest absolute Gasteiger partial charge is 0.414 e. The van der Waals surface area contributed by atoms with Crippen LogP contribution in [0.2, 0.25) is 0 Å². The summed E-state index contributed by atoms with van der Waals surface area (Å²) in [6.07, 6.45) is 0.948. The van der Waals surface area contributed by atoms with E-state index in [4.69, 9.17) is 4.74 Å². The van der Waals surface area contributed by atoms with Crippen molar-refractivity contribution in [3.05, 3.63) is 78.4 Å². The molecule has 2 heterocycles. The highest BCUT2D eigenvalue weighted by Gasteiger charge is 2.32. The minimum absolute atomic E-state index is 0.0642. The Labute approximate surface area is 208 Å². The molecule has 36 heavy (non-hydrogen) atoms. The van der Waals surface area contributed by atoms with Crippen LogP contribution in [-0.2, 0) is 26.0 Å². The Kier molecular flexibility index (Phi) is 7.61. The molecule has 2 aromatic carbocycles. The first kappa shape index (κ1) is 25.3. The lowest BCUT2D eigenvalue weighted by molar-refractivity contribution is -0.119. The number of rotatable bonds is 9. The zero-order chi connectivity index (χ0) is 25.7. The van der Waals surface area contributed by atoms with Gasteiger partial charge in [-0.2, -0.15) is 0 Å². The molecule has 2 amide bonds. The van der Waals surface area contributed by atoms with E-state index in [1.54, 1.807) is 18.3 Å². The number of nitrogens with zero attached hydrogens (tertiary/aromatic N) is 2. The summed E-state index contributed by atoms with van der Waals surface area (Å²) < 4.78 is 47.9. The van der Waals surface area contributed by atoms with Crippen molar-refractivity contribution in [2.75, 3.05) is 24.5 Å². The second kappa shape index (κ2) is 10.8. The zero-order valence-electron chi connectivity index (χ0n) is 19.5. The quantitative estimate of drug-likeness (QED) is 0.455. The van der Waals surface area contributed by atoms with Crippen molar-refractivity contribution in [2.24, 2.45) is 0 Å². The molecule has 1 aromatic heterocycles. The van der Waals surface area contributed by atoms with Crippen molar-refractivity contribution in [2.45, 2.75) is 24.3 Å². The number of cyclic esters (lactones) is 1. The van der Waals surface area contributed by atoms with Crippen LogP contribution >= 0.6 is 0 Å².